The van der Waals surface area contributed by atoms with Gasteiger partial charge in [0.15, 0.2) is 6.10 Å². The van der Waals surface area contributed by atoms with Crippen molar-refractivity contribution in [3.8, 4) is 11.5 Å². The second-order valence-electron chi connectivity index (χ2n) is 5.33. The van der Waals surface area contributed by atoms with Crippen LogP contribution in [-0.4, -0.2) is 32.2 Å². The summed E-state index contributed by atoms with van der Waals surface area (Å²) >= 11 is 3.27. The maximum Gasteiger partial charge on any atom is 0.339 e. The maximum atomic E-state index is 13.6. The van der Waals surface area contributed by atoms with E-state index in [9.17, 15) is 18.4 Å². The van der Waals surface area contributed by atoms with Gasteiger partial charge in [-0.15, -0.1) is 0 Å². The van der Waals surface area contributed by atoms with Gasteiger partial charge in [-0.05, 0) is 47.1 Å². The lowest BCUT2D eigenvalue weighted by Gasteiger charge is -2.15. The number of benzene rings is 2. The van der Waals surface area contributed by atoms with Crippen LogP contribution in [-0.2, 0) is 9.53 Å². The van der Waals surface area contributed by atoms with Gasteiger partial charge < -0.3 is 19.5 Å². The molecule has 0 radical (unpaired) electrons. The third-order valence-electron chi connectivity index (χ3n) is 3.55. The van der Waals surface area contributed by atoms with Crippen LogP contribution in [0.2, 0.25) is 0 Å². The molecule has 0 saturated carbocycles. The summed E-state index contributed by atoms with van der Waals surface area (Å²) in [6.45, 7) is 1.28. The number of carbonyl (C=O) groups is 2. The maximum absolute atomic E-state index is 13.6. The van der Waals surface area contributed by atoms with Crippen molar-refractivity contribution in [2.45, 2.75) is 13.0 Å². The van der Waals surface area contributed by atoms with E-state index in [1.165, 1.54) is 33.3 Å². The van der Waals surface area contributed by atoms with Crippen LogP contribution in [0.4, 0.5) is 14.5 Å². The molecule has 144 valence electrons. The van der Waals surface area contributed by atoms with Crippen LogP contribution in [0, 0.1) is 11.6 Å². The first-order valence-corrected chi connectivity index (χ1v) is 8.45. The van der Waals surface area contributed by atoms with Crippen molar-refractivity contribution in [2.75, 3.05) is 19.5 Å². The van der Waals surface area contributed by atoms with Crippen molar-refractivity contribution in [3.63, 3.8) is 0 Å². The van der Waals surface area contributed by atoms with E-state index in [1.807, 2.05) is 0 Å². The van der Waals surface area contributed by atoms with Gasteiger partial charge >= 0.3 is 5.97 Å². The van der Waals surface area contributed by atoms with E-state index in [0.717, 1.165) is 18.2 Å². The highest BCUT2D eigenvalue weighted by molar-refractivity contribution is 9.10. The summed E-state index contributed by atoms with van der Waals surface area (Å²) in [5.74, 6) is -2.95. The molecule has 1 atom stereocenters. The van der Waals surface area contributed by atoms with Crippen LogP contribution in [0.1, 0.15) is 17.3 Å². The summed E-state index contributed by atoms with van der Waals surface area (Å²) in [4.78, 5) is 24.4. The molecule has 0 aromatic heterocycles. The van der Waals surface area contributed by atoms with Gasteiger partial charge in [0.2, 0.25) is 0 Å². The molecule has 1 unspecified atom stereocenters. The van der Waals surface area contributed by atoms with E-state index in [4.69, 9.17) is 14.2 Å². The molecule has 1 N–H and O–H groups in total. The van der Waals surface area contributed by atoms with E-state index in [-0.39, 0.29) is 5.56 Å². The van der Waals surface area contributed by atoms with E-state index < -0.39 is 35.3 Å². The molecule has 0 bridgehead atoms. The molecule has 2 aromatic rings. The number of methoxy groups -OCH3 is 2. The van der Waals surface area contributed by atoms with Gasteiger partial charge in [0, 0.05) is 0 Å². The van der Waals surface area contributed by atoms with Crippen LogP contribution in [0.15, 0.2) is 34.8 Å². The molecular weight excluding hydrogens is 428 g/mol. The molecule has 6 nitrogen and oxygen atoms in total. The summed E-state index contributed by atoms with van der Waals surface area (Å²) in [5, 5.41) is 2.07. The fraction of sp³-hybridized carbons (Fsp3) is 0.222. The Morgan fingerprint density at radius 2 is 1.59 bits per heavy atom. The van der Waals surface area contributed by atoms with Gasteiger partial charge in [-0.1, -0.05) is 6.07 Å². The zero-order valence-corrected chi connectivity index (χ0v) is 16.2. The Morgan fingerprint density at radius 1 is 1.07 bits per heavy atom. The van der Waals surface area contributed by atoms with E-state index in [0.29, 0.717) is 16.0 Å². The molecule has 0 aliphatic heterocycles. The van der Waals surface area contributed by atoms with Gasteiger partial charge in [-0.3, -0.25) is 4.79 Å². The molecule has 2 rings (SSSR count). The molecule has 27 heavy (non-hydrogen) atoms. The Kier molecular flexibility index (Phi) is 6.73. The fourth-order valence-corrected chi connectivity index (χ4v) is 2.66. The third kappa shape index (κ3) is 4.73. The number of hydrogen-bond donors (Lipinski definition) is 1. The number of carbonyl (C=O) groups excluding carboxylic acids is 2. The first-order chi connectivity index (χ1) is 12.8. The number of anilines is 1. The first-order valence-electron chi connectivity index (χ1n) is 7.65. The second kappa shape index (κ2) is 8.81. The van der Waals surface area contributed by atoms with Gasteiger partial charge in [0.25, 0.3) is 5.91 Å². The molecular formula is C18H16BrF2NO5. The summed E-state index contributed by atoms with van der Waals surface area (Å²) in [6, 6.07) is 5.95. The molecule has 1 amide bonds. The third-order valence-corrected chi connectivity index (χ3v) is 4.33. The lowest BCUT2D eigenvalue weighted by atomic mass is 10.2. The zero-order valence-electron chi connectivity index (χ0n) is 14.6. The van der Waals surface area contributed by atoms with Gasteiger partial charge in [-0.25, -0.2) is 13.6 Å². The van der Waals surface area contributed by atoms with Crippen molar-refractivity contribution in [1.82, 2.24) is 0 Å². The SMILES string of the molecule is COc1cc(C(=O)OC(C)C(=O)Nc2c(F)cccc2F)cc(OC)c1Br. The Balaban J connectivity index is 2.14. The van der Waals surface area contributed by atoms with E-state index in [1.54, 1.807) is 0 Å². The van der Waals surface area contributed by atoms with Crippen LogP contribution in [0.25, 0.3) is 0 Å². The minimum absolute atomic E-state index is 0.0728. The quantitative estimate of drug-likeness (QED) is 0.684. The average Bonchev–Trinajstić information content (AvgIpc) is 2.64. The Morgan fingerprint density at radius 3 is 2.07 bits per heavy atom. The number of amides is 1. The summed E-state index contributed by atoms with van der Waals surface area (Å²) in [7, 11) is 2.82. The minimum atomic E-state index is -1.31. The fourth-order valence-electron chi connectivity index (χ4n) is 2.11. The topological polar surface area (TPSA) is 73.9 Å². The van der Waals surface area contributed by atoms with Crippen LogP contribution >= 0.6 is 15.9 Å². The van der Waals surface area contributed by atoms with Crippen LogP contribution in [0.5, 0.6) is 11.5 Å². The molecule has 0 saturated heterocycles. The van der Waals surface area contributed by atoms with Crippen molar-refractivity contribution >= 4 is 33.5 Å². The monoisotopic (exact) mass is 443 g/mol. The zero-order chi connectivity index (χ0) is 20.1. The predicted octanol–water partition coefficient (Wildman–Crippen LogP) is 3.93. The lowest BCUT2D eigenvalue weighted by Crippen LogP contribution is -2.30. The van der Waals surface area contributed by atoms with Crippen molar-refractivity contribution in [2.24, 2.45) is 0 Å². The summed E-state index contributed by atoms with van der Waals surface area (Å²) in [6.07, 6.45) is -1.31. The number of halogens is 3. The minimum Gasteiger partial charge on any atom is -0.495 e. The molecule has 9 heteroatoms. The molecule has 0 fully saturated rings. The summed E-state index contributed by atoms with van der Waals surface area (Å²) < 4.78 is 43.1. The van der Waals surface area contributed by atoms with Gasteiger partial charge in [-0.2, -0.15) is 0 Å². The highest BCUT2D eigenvalue weighted by atomic mass is 79.9. The molecule has 0 heterocycles. The normalized spacial score (nSPS) is 11.5. The number of para-hydroxylation sites is 1. The average molecular weight is 444 g/mol. The van der Waals surface area contributed by atoms with E-state index >= 15 is 0 Å². The van der Waals surface area contributed by atoms with Crippen LogP contribution in [0.3, 0.4) is 0 Å². The van der Waals surface area contributed by atoms with Crippen molar-refractivity contribution in [3.05, 3.63) is 52.0 Å². The van der Waals surface area contributed by atoms with Crippen LogP contribution < -0.4 is 14.8 Å². The number of nitrogens with one attached hydrogen (secondary N) is 1. The highest BCUT2D eigenvalue weighted by Crippen LogP contribution is 2.35. The lowest BCUT2D eigenvalue weighted by molar-refractivity contribution is -0.123. The Bertz CT molecular complexity index is 830. The van der Waals surface area contributed by atoms with Crippen molar-refractivity contribution in [1.29, 1.82) is 0 Å². The Labute approximate surface area is 162 Å². The molecule has 2 aromatic carbocycles. The molecule has 0 aliphatic rings. The highest BCUT2D eigenvalue weighted by Gasteiger charge is 2.23. The largest absolute Gasteiger partial charge is 0.495 e. The van der Waals surface area contributed by atoms with Gasteiger partial charge in [0.05, 0.1) is 19.8 Å². The second-order valence-corrected chi connectivity index (χ2v) is 6.12. The smallest absolute Gasteiger partial charge is 0.339 e. The number of ether oxygens (including phenoxy) is 3. The predicted molar refractivity (Wildman–Crippen MR) is 97.1 cm³/mol. The first kappa shape index (κ1) is 20.6. The Hall–Kier alpha value is -2.68. The number of esters is 1. The van der Waals surface area contributed by atoms with Gasteiger partial charge in [0.1, 0.15) is 33.3 Å². The molecule has 0 aliphatic carbocycles. The number of rotatable bonds is 6. The van der Waals surface area contributed by atoms with E-state index in [2.05, 4.69) is 21.2 Å². The summed E-state index contributed by atoms with van der Waals surface area (Å²) in [5.41, 5.74) is -0.541. The molecule has 0 spiro atoms. The standard InChI is InChI=1S/C18H16BrF2NO5/c1-9(17(23)22-16-11(20)5-4-6-12(16)21)27-18(24)10-7-13(25-2)15(19)14(8-10)26-3/h4-9H,1-3H3,(H,22,23). The van der Waals surface area contributed by atoms with Crippen molar-refractivity contribution < 1.29 is 32.6 Å². The number of hydrogen-bond acceptors (Lipinski definition) is 5.